The molecule has 2 aromatic rings. The lowest BCUT2D eigenvalue weighted by Crippen LogP contribution is -2.02. The zero-order chi connectivity index (χ0) is 15.6. The lowest BCUT2D eigenvalue weighted by molar-refractivity contribution is 0.458. The quantitative estimate of drug-likeness (QED) is 0.394. The molecule has 2 nitrogen and oxygen atoms in total. The van der Waals surface area contributed by atoms with E-state index >= 15 is 0 Å². The van der Waals surface area contributed by atoms with Crippen molar-refractivity contribution < 1.29 is 26.3 Å². The van der Waals surface area contributed by atoms with E-state index in [9.17, 15) is 26.3 Å². The minimum absolute atomic E-state index is 0.0432. The first-order chi connectivity index (χ1) is 9.88. The molecule has 0 atom stereocenters. The SMILES string of the molecule is Fc1cc(F)cc(/C=N/Nc2c(F)c(F)cc(F)c2F)c1. The molecule has 0 heterocycles. The molecule has 21 heavy (non-hydrogen) atoms. The topological polar surface area (TPSA) is 24.4 Å². The molecule has 0 spiro atoms. The van der Waals surface area contributed by atoms with Crippen LogP contribution in [0.5, 0.6) is 0 Å². The number of nitrogens with one attached hydrogen (secondary N) is 1. The maximum absolute atomic E-state index is 13.3. The first kappa shape index (κ1) is 14.9. The maximum atomic E-state index is 13.3. The van der Waals surface area contributed by atoms with Crippen LogP contribution in [0.4, 0.5) is 32.0 Å². The summed E-state index contributed by atoms with van der Waals surface area (Å²) in [5.41, 5.74) is 0.535. The summed E-state index contributed by atoms with van der Waals surface area (Å²) in [6.45, 7) is 0. The number of hydrogen-bond donors (Lipinski definition) is 1. The Morgan fingerprint density at radius 3 is 1.81 bits per heavy atom. The largest absolute Gasteiger partial charge is 0.272 e. The van der Waals surface area contributed by atoms with Gasteiger partial charge in [0.25, 0.3) is 0 Å². The van der Waals surface area contributed by atoms with E-state index in [1.54, 1.807) is 5.43 Å². The van der Waals surface area contributed by atoms with Crippen LogP contribution in [-0.2, 0) is 0 Å². The third kappa shape index (κ3) is 3.33. The molecule has 110 valence electrons. The van der Waals surface area contributed by atoms with Crippen LogP contribution in [0.1, 0.15) is 5.56 Å². The molecule has 0 aliphatic heterocycles. The third-order valence-corrected chi connectivity index (χ3v) is 2.39. The van der Waals surface area contributed by atoms with Crippen molar-refractivity contribution in [3.63, 3.8) is 0 Å². The smallest absolute Gasteiger partial charge is 0.186 e. The van der Waals surface area contributed by atoms with Crippen LogP contribution in [0.2, 0.25) is 0 Å². The van der Waals surface area contributed by atoms with Crippen molar-refractivity contribution in [1.29, 1.82) is 0 Å². The minimum atomic E-state index is -1.67. The van der Waals surface area contributed by atoms with Crippen LogP contribution in [0.25, 0.3) is 0 Å². The molecule has 0 fully saturated rings. The van der Waals surface area contributed by atoms with E-state index in [2.05, 4.69) is 5.10 Å². The maximum Gasteiger partial charge on any atom is 0.186 e. The normalized spacial score (nSPS) is 11.1. The van der Waals surface area contributed by atoms with Gasteiger partial charge in [0.15, 0.2) is 23.3 Å². The molecular formula is C13H6F6N2. The van der Waals surface area contributed by atoms with Gasteiger partial charge < -0.3 is 0 Å². The lowest BCUT2D eigenvalue weighted by Gasteiger charge is -2.05. The molecule has 0 saturated heterocycles. The van der Waals surface area contributed by atoms with E-state index in [0.29, 0.717) is 6.07 Å². The molecule has 2 aromatic carbocycles. The molecule has 0 unspecified atom stereocenters. The molecule has 2 rings (SSSR count). The van der Waals surface area contributed by atoms with Crippen molar-refractivity contribution >= 4 is 11.9 Å². The Kier molecular flexibility index (Phi) is 4.15. The van der Waals surface area contributed by atoms with Gasteiger partial charge in [-0.15, -0.1) is 0 Å². The van der Waals surface area contributed by atoms with Gasteiger partial charge in [0.1, 0.15) is 17.3 Å². The van der Waals surface area contributed by atoms with Gasteiger partial charge in [0, 0.05) is 17.7 Å². The first-order valence-electron chi connectivity index (χ1n) is 5.46. The predicted molar refractivity (Wildman–Crippen MR) is 63.8 cm³/mol. The summed E-state index contributed by atoms with van der Waals surface area (Å²) in [4.78, 5) is 0. The van der Waals surface area contributed by atoms with Gasteiger partial charge in [-0.05, 0) is 12.1 Å². The Balaban J connectivity index is 2.26. The van der Waals surface area contributed by atoms with E-state index in [1.165, 1.54) is 0 Å². The van der Waals surface area contributed by atoms with Gasteiger partial charge in [-0.25, -0.2) is 26.3 Å². The highest BCUT2D eigenvalue weighted by molar-refractivity contribution is 5.80. The molecule has 1 N–H and O–H groups in total. The summed E-state index contributed by atoms with van der Waals surface area (Å²) < 4.78 is 78.1. The number of hydrazone groups is 1. The van der Waals surface area contributed by atoms with E-state index in [-0.39, 0.29) is 11.6 Å². The highest BCUT2D eigenvalue weighted by Crippen LogP contribution is 2.24. The Labute approximate surface area is 114 Å². The first-order valence-corrected chi connectivity index (χ1v) is 5.46. The highest BCUT2D eigenvalue weighted by Gasteiger charge is 2.18. The minimum Gasteiger partial charge on any atom is -0.272 e. The summed E-state index contributed by atoms with van der Waals surface area (Å²) in [5.74, 6) is -8.32. The molecule has 0 radical (unpaired) electrons. The van der Waals surface area contributed by atoms with Gasteiger partial charge in [-0.2, -0.15) is 5.10 Å². The van der Waals surface area contributed by atoms with E-state index in [1.807, 2.05) is 0 Å². The second kappa shape index (κ2) is 5.86. The monoisotopic (exact) mass is 304 g/mol. The van der Waals surface area contributed by atoms with Crippen molar-refractivity contribution in [2.75, 3.05) is 5.43 Å². The highest BCUT2D eigenvalue weighted by atomic mass is 19.2. The van der Waals surface area contributed by atoms with Crippen molar-refractivity contribution in [2.24, 2.45) is 5.10 Å². The number of nitrogens with zero attached hydrogens (tertiary/aromatic N) is 1. The number of benzene rings is 2. The van der Waals surface area contributed by atoms with E-state index < -0.39 is 40.6 Å². The Morgan fingerprint density at radius 2 is 1.29 bits per heavy atom. The lowest BCUT2D eigenvalue weighted by atomic mass is 10.2. The van der Waals surface area contributed by atoms with Crippen LogP contribution >= 0.6 is 0 Å². The molecule has 0 aromatic heterocycles. The van der Waals surface area contributed by atoms with Gasteiger partial charge in [0.05, 0.1) is 6.21 Å². The molecule has 0 bridgehead atoms. The van der Waals surface area contributed by atoms with E-state index in [0.717, 1.165) is 18.3 Å². The summed E-state index contributed by atoms with van der Waals surface area (Å²) in [6.07, 6.45) is 0.827. The Bertz CT molecular complexity index is 668. The Morgan fingerprint density at radius 1 is 0.762 bits per heavy atom. The van der Waals surface area contributed by atoms with Gasteiger partial charge in [0.2, 0.25) is 0 Å². The van der Waals surface area contributed by atoms with E-state index in [4.69, 9.17) is 0 Å². The molecule has 0 amide bonds. The van der Waals surface area contributed by atoms with Crippen LogP contribution in [0.3, 0.4) is 0 Å². The zero-order valence-electron chi connectivity index (χ0n) is 10.1. The van der Waals surface area contributed by atoms with Crippen LogP contribution in [0, 0.1) is 34.9 Å². The predicted octanol–water partition coefficient (Wildman–Crippen LogP) is 3.97. The average molecular weight is 304 g/mol. The van der Waals surface area contributed by atoms with Gasteiger partial charge in [-0.1, -0.05) is 0 Å². The second-order valence-corrected chi connectivity index (χ2v) is 3.92. The van der Waals surface area contributed by atoms with Crippen LogP contribution in [0.15, 0.2) is 29.4 Å². The zero-order valence-corrected chi connectivity index (χ0v) is 10.1. The standard InChI is InChI=1S/C13H6F6N2/c14-7-1-6(2-8(15)3-7)5-20-21-13-11(18)9(16)4-10(17)12(13)19/h1-5,21H/b20-5+. The summed E-state index contributed by atoms with van der Waals surface area (Å²) in [6, 6.07) is 2.45. The Hall–Kier alpha value is -2.51. The average Bonchev–Trinajstić information content (AvgIpc) is 2.39. The summed E-state index contributed by atoms with van der Waals surface area (Å²) in [5, 5.41) is 3.28. The van der Waals surface area contributed by atoms with Crippen molar-refractivity contribution in [2.45, 2.75) is 0 Å². The van der Waals surface area contributed by atoms with Crippen molar-refractivity contribution in [1.82, 2.24) is 0 Å². The second-order valence-electron chi connectivity index (χ2n) is 3.92. The molecule has 0 aliphatic carbocycles. The fourth-order valence-corrected chi connectivity index (χ4v) is 1.49. The number of anilines is 1. The number of halogens is 6. The number of rotatable bonds is 3. The van der Waals surface area contributed by atoms with Crippen LogP contribution < -0.4 is 5.43 Å². The summed E-state index contributed by atoms with van der Waals surface area (Å²) >= 11 is 0. The van der Waals surface area contributed by atoms with Crippen molar-refractivity contribution in [3.8, 4) is 0 Å². The van der Waals surface area contributed by atoms with Crippen molar-refractivity contribution in [3.05, 3.63) is 64.7 Å². The molecule has 0 saturated carbocycles. The fraction of sp³-hybridized carbons (Fsp3) is 0. The number of hydrogen-bond acceptors (Lipinski definition) is 2. The van der Waals surface area contributed by atoms with Gasteiger partial charge in [-0.3, -0.25) is 5.43 Å². The van der Waals surface area contributed by atoms with Gasteiger partial charge >= 0.3 is 0 Å². The summed E-state index contributed by atoms with van der Waals surface area (Å²) in [7, 11) is 0. The molecule has 8 heteroatoms. The molecular weight excluding hydrogens is 298 g/mol. The third-order valence-electron chi connectivity index (χ3n) is 2.39. The van der Waals surface area contributed by atoms with Crippen LogP contribution in [-0.4, -0.2) is 6.21 Å². The molecule has 0 aliphatic rings. The fourth-order valence-electron chi connectivity index (χ4n) is 1.49.